The maximum absolute atomic E-state index is 12.0. The van der Waals surface area contributed by atoms with E-state index in [4.69, 9.17) is 4.99 Å². The summed E-state index contributed by atoms with van der Waals surface area (Å²) >= 11 is 0. The fraction of sp³-hybridized carbons (Fsp3) is 0.579. The lowest BCUT2D eigenvalue weighted by molar-refractivity contribution is -0.119. The highest BCUT2D eigenvalue weighted by Crippen LogP contribution is 2.21. The van der Waals surface area contributed by atoms with Crippen molar-refractivity contribution in [3.05, 3.63) is 29.8 Å². The predicted molar refractivity (Wildman–Crippen MR) is 115 cm³/mol. The van der Waals surface area contributed by atoms with Crippen LogP contribution in [0.3, 0.4) is 0 Å². The van der Waals surface area contributed by atoms with Crippen molar-refractivity contribution in [1.29, 1.82) is 0 Å². The standard InChI is InChI=1S/C19H28N4O2.HI/c1-2-20-19(22-12-10-17(24)14-22)21-13-15-6-8-16(9-7-15)23-11-4-3-5-18(23)25;/h6-9,17,24H,2-5,10-14H2,1H3,(H,20,21);1H/t17-;/m1./s1. The van der Waals surface area contributed by atoms with Crippen LogP contribution in [0.2, 0.25) is 0 Å². The van der Waals surface area contributed by atoms with Gasteiger partial charge in [-0.1, -0.05) is 12.1 Å². The first-order chi connectivity index (χ1) is 12.2. The number of β-amino-alcohol motifs (C(OH)–C–C–N with tert-alkyl or cyclic N) is 1. The van der Waals surface area contributed by atoms with Crippen molar-refractivity contribution < 1.29 is 9.90 Å². The minimum Gasteiger partial charge on any atom is -0.391 e. The Kier molecular flexibility index (Phi) is 8.15. The molecule has 1 amide bonds. The van der Waals surface area contributed by atoms with E-state index in [1.54, 1.807) is 0 Å². The number of amides is 1. The van der Waals surface area contributed by atoms with Crippen molar-refractivity contribution in [2.45, 2.75) is 45.3 Å². The molecule has 0 bridgehead atoms. The number of rotatable bonds is 4. The van der Waals surface area contributed by atoms with Crippen molar-refractivity contribution >= 4 is 41.5 Å². The second kappa shape index (κ2) is 10.1. The maximum atomic E-state index is 12.0. The number of carbonyl (C=O) groups excluding carboxylic acids is 1. The topological polar surface area (TPSA) is 68.2 Å². The number of aliphatic imine (C=N–C) groups is 1. The Labute approximate surface area is 172 Å². The smallest absolute Gasteiger partial charge is 0.226 e. The van der Waals surface area contributed by atoms with Crippen LogP contribution in [-0.2, 0) is 11.3 Å². The number of nitrogens with zero attached hydrogens (tertiary/aromatic N) is 3. The number of halogens is 1. The second-order valence-corrected chi connectivity index (χ2v) is 6.73. The van der Waals surface area contributed by atoms with Crippen molar-refractivity contribution in [3.63, 3.8) is 0 Å². The number of aliphatic hydroxyl groups excluding tert-OH is 1. The third kappa shape index (κ3) is 5.33. The Morgan fingerprint density at radius 2 is 2.04 bits per heavy atom. The number of hydrogen-bond donors (Lipinski definition) is 2. The molecule has 2 aliphatic heterocycles. The molecule has 1 aromatic carbocycles. The summed E-state index contributed by atoms with van der Waals surface area (Å²) in [5.41, 5.74) is 2.09. The Bertz CT molecular complexity index is 620. The van der Waals surface area contributed by atoms with Crippen molar-refractivity contribution in [2.24, 2.45) is 4.99 Å². The van der Waals surface area contributed by atoms with Gasteiger partial charge in [-0.3, -0.25) is 4.79 Å². The fourth-order valence-corrected chi connectivity index (χ4v) is 3.39. The summed E-state index contributed by atoms with van der Waals surface area (Å²) in [7, 11) is 0. The molecule has 3 rings (SSSR count). The molecule has 6 nitrogen and oxygen atoms in total. The van der Waals surface area contributed by atoms with Crippen LogP contribution in [0.15, 0.2) is 29.3 Å². The molecule has 1 aromatic rings. The monoisotopic (exact) mass is 472 g/mol. The number of guanidine groups is 1. The van der Waals surface area contributed by atoms with E-state index in [9.17, 15) is 9.90 Å². The fourth-order valence-electron chi connectivity index (χ4n) is 3.39. The molecule has 0 radical (unpaired) electrons. The van der Waals surface area contributed by atoms with Crippen LogP contribution in [0.25, 0.3) is 0 Å². The Balaban J connectivity index is 0.00000243. The average molecular weight is 472 g/mol. The van der Waals surface area contributed by atoms with Gasteiger partial charge in [-0.05, 0) is 43.9 Å². The molecule has 26 heavy (non-hydrogen) atoms. The summed E-state index contributed by atoms with van der Waals surface area (Å²) < 4.78 is 0. The molecular weight excluding hydrogens is 443 g/mol. The van der Waals surface area contributed by atoms with E-state index < -0.39 is 0 Å². The molecular formula is C19H29IN4O2. The van der Waals surface area contributed by atoms with Crippen LogP contribution in [0.1, 0.15) is 38.2 Å². The van der Waals surface area contributed by atoms with Crippen LogP contribution >= 0.6 is 24.0 Å². The molecule has 2 aliphatic rings. The van der Waals surface area contributed by atoms with Gasteiger partial charge in [-0.15, -0.1) is 24.0 Å². The van der Waals surface area contributed by atoms with E-state index in [0.717, 1.165) is 56.1 Å². The molecule has 0 spiro atoms. The third-order valence-electron chi connectivity index (χ3n) is 4.78. The number of likely N-dealkylation sites (tertiary alicyclic amines) is 1. The van der Waals surface area contributed by atoms with E-state index >= 15 is 0 Å². The average Bonchev–Trinajstić information content (AvgIpc) is 3.06. The Hall–Kier alpha value is -1.35. The molecule has 0 saturated carbocycles. The van der Waals surface area contributed by atoms with E-state index in [0.29, 0.717) is 19.5 Å². The summed E-state index contributed by atoms with van der Waals surface area (Å²) in [5, 5.41) is 13.0. The lowest BCUT2D eigenvalue weighted by atomic mass is 10.1. The van der Waals surface area contributed by atoms with Gasteiger partial charge in [0.05, 0.1) is 12.6 Å². The number of anilines is 1. The van der Waals surface area contributed by atoms with Gasteiger partial charge in [0.2, 0.25) is 5.91 Å². The summed E-state index contributed by atoms with van der Waals surface area (Å²) in [4.78, 5) is 20.7. The number of carbonyl (C=O) groups is 1. The van der Waals surface area contributed by atoms with Gasteiger partial charge in [0.15, 0.2) is 5.96 Å². The highest BCUT2D eigenvalue weighted by atomic mass is 127. The van der Waals surface area contributed by atoms with E-state index in [1.165, 1.54) is 0 Å². The highest BCUT2D eigenvalue weighted by Gasteiger charge is 2.23. The van der Waals surface area contributed by atoms with E-state index in [2.05, 4.69) is 10.2 Å². The zero-order valence-electron chi connectivity index (χ0n) is 15.4. The molecule has 2 fully saturated rings. The number of hydrogen-bond acceptors (Lipinski definition) is 3. The van der Waals surface area contributed by atoms with Gasteiger partial charge in [0.1, 0.15) is 0 Å². The van der Waals surface area contributed by atoms with Gasteiger partial charge < -0.3 is 20.2 Å². The molecule has 144 valence electrons. The normalized spacial score (nSPS) is 20.9. The Morgan fingerprint density at radius 1 is 1.27 bits per heavy atom. The number of aliphatic hydroxyl groups is 1. The number of benzene rings is 1. The molecule has 0 aromatic heterocycles. The first kappa shape index (κ1) is 21.0. The van der Waals surface area contributed by atoms with Gasteiger partial charge in [-0.25, -0.2) is 4.99 Å². The number of piperidine rings is 1. The molecule has 7 heteroatoms. The zero-order valence-corrected chi connectivity index (χ0v) is 17.7. The number of nitrogens with one attached hydrogen (secondary N) is 1. The van der Waals surface area contributed by atoms with Crippen LogP contribution in [0.4, 0.5) is 5.69 Å². The third-order valence-corrected chi connectivity index (χ3v) is 4.78. The predicted octanol–water partition coefficient (Wildman–Crippen LogP) is 2.35. The lowest BCUT2D eigenvalue weighted by Gasteiger charge is -2.26. The van der Waals surface area contributed by atoms with Gasteiger partial charge in [0, 0.05) is 38.3 Å². The van der Waals surface area contributed by atoms with Crippen molar-refractivity contribution in [1.82, 2.24) is 10.2 Å². The van der Waals surface area contributed by atoms with E-state index in [-0.39, 0.29) is 36.0 Å². The van der Waals surface area contributed by atoms with Crippen LogP contribution in [0, 0.1) is 0 Å². The van der Waals surface area contributed by atoms with Gasteiger partial charge >= 0.3 is 0 Å². The van der Waals surface area contributed by atoms with Gasteiger partial charge in [-0.2, -0.15) is 0 Å². The SMILES string of the molecule is CCNC(=NCc1ccc(N2CCCCC2=O)cc1)N1CC[C@@H](O)C1.I. The summed E-state index contributed by atoms with van der Waals surface area (Å²) in [6.07, 6.45) is 3.26. The van der Waals surface area contributed by atoms with Gasteiger partial charge in [0.25, 0.3) is 0 Å². The van der Waals surface area contributed by atoms with Crippen molar-refractivity contribution in [3.8, 4) is 0 Å². The first-order valence-corrected chi connectivity index (χ1v) is 9.28. The molecule has 2 saturated heterocycles. The first-order valence-electron chi connectivity index (χ1n) is 9.28. The van der Waals surface area contributed by atoms with E-state index in [1.807, 2.05) is 36.1 Å². The molecule has 2 N–H and O–H groups in total. The largest absolute Gasteiger partial charge is 0.391 e. The van der Waals surface area contributed by atoms with Crippen molar-refractivity contribution in [2.75, 3.05) is 31.1 Å². The summed E-state index contributed by atoms with van der Waals surface area (Å²) in [6, 6.07) is 8.12. The molecule has 1 atom stereocenters. The summed E-state index contributed by atoms with van der Waals surface area (Å²) in [6.45, 7) is 5.74. The molecule has 0 unspecified atom stereocenters. The van der Waals surface area contributed by atoms with Crippen LogP contribution in [0.5, 0.6) is 0 Å². The maximum Gasteiger partial charge on any atom is 0.226 e. The second-order valence-electron chi connectivity index (χ2n) is 6.73. The van der Waals surface area contributed by atoms with Crippen LogP contribution < -0.4 is 10.2 Å². The minimum atomic E-state index is -0.259. The lowest BCUT2D eigenvalue weighted by Crippen LogP contribution is -2.40. The molecule has 2 heterocycles. The Morgan fingerprint density at radius 3 is 2.65 bits per heavy atom. The van der Waals surface area contributed by atoms with Crippen LogP contribution in [-0.4, -0.2) is 54.2 Å². The molecule has 0 aliphatic carbocycles. The highest BCUT2D eigenvalue weighted by molar-refractivity contribution is 14.0. The minimum absolute atomic E-state index is 0. The zero-order chi connectivity index (χ0) is 17.6. The summed E-state index contributed by atoms with van der Waals surface area (Å²) in [5.74, 6) is 1.08. The quantitative estimate of drug-likeness (QED) is 0.401.